The fourth-order valence-corrected chi connectivity index (χ4v) is 7.88. The second kappa shape index (κ2) is 9.14. The normalized spacial score (nSPS) is 23.7. The molecule has 1 aromatic carbocycles. The van der Waals surface area contributed by atoms with E-state index >= 15 is 0 Å². The molecule has 7 heteroatoms. The minimum absolute atomic E-state index is 0.0398. The lowest BCUT2D eigenvalue weighted by atomic mass is 9.92. The summed E-state index contributed by atoms with van der Waals surface area (Å²) in [5.74, 6) is -0.228. The van der Waals surface area contributed by atoms with Crippen molar-refractivity contribution in [3.8, 4) is 0 Å². The number of hydrogen-bond acceptors (Lipinski definition) is 4. The topological polar surface area (TPSA) is 52.6 Å². The van der Waals surface area contributed by atoms with Crippen LogP contribution in [0.4, 0.5) is 0 Å². The first-order chi connectivity index (χ1) is 14.3. The van der Waals surface area contributed by atoms with Crippen molar-refractivity contribution in [1.82, 2.24) is 0 Å². The van der Waals surface area contributed by atoms with Gasteiger partial charge >= 0.3 is 0 Å². The van der Waals surface area contributed by atoms with Crippen LogP contribution < -0.4 is 0 Å². The first-order valence-corrected chi connectivity index (χ1v) is 19.0. The molecule has 0 bridgehead atoms. The van der Waals surface area contributed by atoms with Crippen LogP contribution >= 0.6 is 0 Å². The van der Waals surface area contributed by atoms with Crippen LogP contribution in [0.2, 0.25) is 36.3 Å². The Morgan fingerprint density at radius 3 is 1.78 bits per heavy atom. The zero-order valence-corrected chi connectivity index (χ0v) is 24.8. The molecular weight excluding hydrogens is 453 g/mol. The van der Waals surface area contributed by atoms with Gasteiger partial charge in [-0.15, -0.1) is 0 Å². The minimum atomic E-state index is -3.63. The molecule has 1 aliphatic rings. The highest BCUT2D eigenvalue weighted by molar-refractivity contribution is 7.95. The summed E-state index contributed by atoms with van der Waals surface area (Å²) >= 11 is 0. The van der Waals surface area contributed by atoms with Crippen molar-refractivity contribution in [3.63, 3.8) is 0 Å². The summed E-state index contributed by atoms with van der Waals surface area (Å²) in [4.78, 5) is 0.763. The molecule has 3 atom stereocenters. The van der Waals surface area contributed by atoms with Crippen molar-refractivity contribution in [2.24, 2.45) is 5.92 Å². The van der Waals surface area contributed by atoms with Crippen molar-refractivity contribution in [3.05, 3.63) is 41.3 Å². The summed E-state index contributed by atoms with van der Waals surface area (Å²) in [5.41, 5.74) is 0. The van der Waals surface area contributed by atoms with Gasteiger partial charge in [-0.05, 0) is 54.5 Å². The standard InChI is InChI=1S/C25H44O4SSi2/c1-19-22(29-32(10,11)25(5,6)7)17-20(28-31(8,9)24(2,3)4)18-23(19)30(26,27)21-15-13-12-14-16-21/h12-16,18-20,22H,17H2,1-11H3/t19-,20-,22+/m0/s1. The van der Waals surface area contributed by atoms with Gasteiger partial charge in [0.25, 0.3) is 0 Å². The SMILES string of the molecule is C[C@@H]1C(S(=O)(=O)c2ccccc2)=C[C@@H](O[Si](C)(C)C(C)(C)C)C[C@H]1O[Si](C)(C)C(C)(C)C. The molecule has 4 nitrogen and oxygen atoms in total. The fourth-order valence-electron chi connectivity index (χ4n) is 3.43. The second-order valence-electron chi connectivity index (χ2n) is 12.2. The molecule has 0 heterocycles. The molecule has 0 saturated heterocycles. The Balaban J connectivity index is 2.53. The molecule has 1 aliphatic carbocycles. The van der Waals surface area contributed by atoms with Crippen LogP contribution in [0.25, 0.3) is 0 Å². The van der Waals surface area contributed by atoms with Gasteiger partial charge in [-0.2, -0.15) is 0 Å². The summed E-state index contributed by atoms with van der Waals surface area (Å²) in [7, 11) is -7.81. The highest BCUT2D eigenvalue weighted by atomic mass is 32.2. The van der Waals surface area contributed by atoms with Crippen molar-refractivity contribution in [2.45, 2.75) is 108 Å². The van der Waals surface area contributed by atoms with E-state index in [0.29, 0.717) is 16.2 Å². The Morgan fingerprint density at radius 1 is 0.844 bits per heavy atom. The number of hydrogen-bond donors (Lipinski definition) is 0. The maximum absolute atomic E-state index is 13.7. The van der Waals surface area contributed by atoms with Crippen LogP contribution in [0.3, 0.4) is 0 Å². The average Bonchev–Trinajstić information content (AvgIpc) is 2.62. The molecule has 0 aromatic heterocycles. The third-order valence-corrected chi connectivity index (χ3v) is 18.7. The van der Waals surface area contributed by atoms with Gasteiger partial charge < -0.3 is 8.85 Å². The van der Waals surface area contributed by atoms with Crippen LogP contribution in [-0.2, 0) is 18.7 Å². The molecule has 0 fully saturated rings. The lowest BCUT2D eigenvalue weighted by Gasteiger charge is -2.45. The van der Waals surface area contributed by atoms with E-state index in [4.69, 9.17) is 8.85 Å². The van der Waals surface area contributed by atoms with Gasteiger partial charge in [0.05, 0.1) is 22.0 Å². The summed E-state index contributed by atoms with van der Waals surface area (Å²) in [6, 6.07) is 8.72. The third kappa shape index (κ3) is 5.84. The molecule has 0 unspecified atom stereocenters. The van der Waals surface area contributed by atoms with Gasteiger partial charge in [0.15, 0.2) is 16.6 Å². The Hall–Kier alpha value is -0.736. The molecule has 0 N–H and O–H groups in total. The summed E-state index contributed by atoms with van der Waals surface area (Å²) in [6.45, 7) is 24.2. The van der Waals surface area contributed by atoms with E-state index in [1.54, 1.807) is 24.3 Å². The number of sulfone groups is 1. The maximum atomic E-state index is 13.7. The van der Waals surface area contributed by atoms with Crippen LogP contribution in [0.5, 0.6) is 0 Å². The average molecular weight is 497 g/mol. The van der Waals surface area contributed by atoms with Crippen LogP contribution in [0, 0.1) is 5.92 Å². The maximum Gasteiger partial charge on any atom is 0.202 e. The van der Waals surface area contributed by atoms with Gasteiger partial charge in [0.1, 0.15) is 0 Å². The molecule has 1 aromatic rings. The van der Waals surface area contributed by atoms with E-state index in [9.17, 15) is 8.42 Å². The Bertz CT molecular complexity index is 923. The lowest BCUT2D eigenvalue weighted by Crippen LogP contribution is -2.50. The predicted octanol–water partition coefficient (Wildman–Crippen LogP) is 7.16. The van der Waals surface area contributed by atoms with E-state index in [2.05, 4.69) is 67.7 Å². The Kier molecular flexibility index (Phi) is 7.85. The van der Waals surface area contributed by atoms with E-state index < -0.39 is 26.5 Å². The van der Waals surface area contributed by atoms with E-state index in [1.165, 1.54) is 0 Å². The Morgan fingerprint density at radius 2 is 1.31 bits per heavy atom. The van der Waals surface area contributed by atoms with Crippen molar-refractivity contribution >= 4 is 26.5 Å². The fraction of sp³-hybridized carbons (Fsp3) is 0.680. The molecule has 32 heavy (non-hydrogen) atoms. The van der Waals surface area contributed by atoms with Crippen LogP contribution in [0.15, 0.2) is 46.2 Å². The quantitative estimate of drug-likeness (QED) is 0.392. The van der Waals surface area contributed by atoms with Gasteiger partial charge in [0.2, 0.25) is 9.84 Å². The highest BCUT2D eigenvalue weighted by Crippen LogP contribution is 2.44. The molecule has 182 valence electrons. The number of rotatable bonds is 6. The monoisotopic (exact) mass is 496 g/mol. The van der Waals surface area contributed by atoms with E-state index in [-0.39, 0.29) is 28.2 Å². The van der Waals surface area contributed by atoms with Crippen molar-refractivity contribution in [1.29, 1.82) is 0 Å². The van der Waals surface area contributed by atoms with Crippen LogP contribution in [-0.4, -0.2) is 37.3 Å². The van der Waals surface area contributed by atoms with Gasteiger partial charge in [-0.1, -0.05) is 66.7 Å². The zero-order valence-electron chi connectivity index (χ0n) is 21.9. The second-order valence-corrected chi connectivity index (χ2v) is 23.7. The lowest BCUT2D eigenvalue weighted by molar-refractivity contribution is 0.0785. The molecule has 0 saturated carbocycles. The van der Waals surface area contributed by atoms with E-state index in [0.717, 1.165) is 0 Å². The van der Waals surface area contributed by atoms with Crippen LogP contribution in [0.1, 0.15) is 54.9 Å². The summed E-state index contributed by atoms with van der Waals surface area (Å²) < 4.78 is 40.8. The van der Waals surface area contributed by atoms with Crippen molar-refractivity contribution < 1.29 is 17.3 Å². The van der Waals surface area contributed by atoms with Gasteiger partial charge in [-0.3, -0.25) is 0 Å². The van der Waals surface area contributed by atoms with Gasteiger partial charge in [-0.25, -0.2) is 8.42 Å². The first-order valence-electron chi connectivity index (χ1n) is 11.7. The smallest absolute Gasteiger partial charge is 0.202 e. The van der Waals surface area contributed by atoms with Gasteiger partial charge in [0, 0.05) is 12.3 Å². The predicted molar refractivity (Wildman–Crippen MR) is 140 cm³/mol. The molecule has 0 radical (unpaired) electrons. The Labute approximate surface area is 199 Å². The zero-order chi connectivity index (χ0) is 24.8. The highest BCUT2D eigenvalue weighted by Gasteiger charge is 2.46. The minimum Gasteiger partial charge on any atom is -0.413 e. The van der Waals surface area contributed by atoms with E-state index in [1.807, 2.05) is 19.1 Å². The number of benzene rings is 1. The molecule has 0 aliphatic heterocycles. The third-order valence-electron chi connectivity index (χ3n) is 7.69. The summed E-state index contributed by atoms with van der Waals surface area (Å²) in [5, 5.41) is 0.0836. The first kappa shape index (κ1) is 27.5. The molecule has 0 amide bonds. The summed E-state index contributed by atoms with van der Waals surface area (Å²) in [6.07, 6.45) is 2.10. The molecular formula is C25H44O4SSi2. The molecule has 0 spiro atoms. The van der Waals surface area contributed by atoms with Crippen molar-refractivity contribution in [2.75, 3.05) is 0 Å². The molecule has 2 rings (SSSR count). The largest absolute Gasteiger partial charge is 0.413 e.